The third-order valence-corrected chi connectivity index (χ3v) is 11.7. The monoisotopic (exact) mass is 494 g/mol. The number of fused-ring (bicyclic) bond motifs is 5. The van der Waals surface area contributed by atoms with Crippen LogP contribution in [0.4, 0.5) is 0 Å². The molecule has 3 fully saturated rings. The van der Waals surface area contributed by atoms with Gasteiger partial charge in [-0.1, -0.05) is 99.2 Å². The number of aliphatic hydroxyl groups is 1. The van der Waals surface area contributed by atoms with Gasteiger partial charge >= 0.3 is 0 Å². The van der Waals surface area contributed by atoms with Crippen LogP contribution in [0.3, 0.4) is 0 Å². The molecule has 3 saturated carbocycles. The van der Waals surface area contributed by atoms with Gasteiger partial charge in [0.2, 0.25) is 0 Å². The minimum Gasteiger partial charge on any atom is -0.393 e. The molecule has 0 unspecified atom stereocenters. The second kappa shape index (κ2) is 9.88. The highest BCUT2D eigenvalue weighted by Gasteiger charge is 2.59. The molecule has 1 nitrogen and oxygen atoms in total. The smallest absolute Gasteiger partial charge is 0.0577 e. The van der Waals surface area contributed by atoms with Crippen LogP contribution in [0.1, 0.15) is 89.7 Å². The maximum Gasteiger partial charge on any atom is 0.0577 e. The Balaban J connectivity index is 1.22. The summed E-state index contributed by atoms with van der Waals surface area (Å²) < 4.78 is 0. The van der Waals surface area contributed by atoms with Gasteiger partial charge in [0.05, 0.1) is 6.10 Å². The van der Waals surface area contributed by atoms with Crippen LogP contribution in [0.15, 0.2) is 78.4 Å². The molecule has 37 heavy (non-hydrogen) atoms. The number of hydrogen-bond acceptors (Lipinski definition) is 1. The SMILES string of the molecule is C[C@@H](CC=C(c1ccccc1)c1ccccc1)[C@H]1CC[C@H]2[C@@H]3CC=C4C[C@@H](O)CC[C@]4(C)[C@H]3CC[C@]12C. The van der Waals surface area contributed by atoms with Crippen molar-refractivity contribution in [3.05, 3.63) is 89.5 Å². The largest absolute Gasteiger partial charge is 0.393 e. The quantitative estimate of drug-likeness (QED) is 0.411. The summed E-state index contributed by atoms with van der Waals surface area (Å²) in [6.45, 7) is 7.77. The average molecular weight is 495 g/mol. The van der Waals surface area contributed by atoms with Crippen molar-refractivity contribution < 1.29 is 5.11 Å². The average Bonchev–Trinajstić information content (AvgIpc) is 3.28. The highest BCUT2D eigenvalue weighted by atomic mass is 16.3. The molecule has 2 aromatic rings. The van der Waals surface area contributed by atoms with Crippen LogP contribution in [-0.2, 0) is 0 Å². The van der Waals surface area contributed by atoms with E-state index in [9.17, 15) is 5.11 Å². The van der Waals surface area contributed by atoms with Crippen molar-refractivity contribution in [2.24, 2.45) is 40.4 Å². The number of allylic oxidation sites excluding steroid dienone is 2. The van der Waals surface area contributed by atoms with Gasteiger partial charge in [0.15, 0.2) is 0 Å². The number of benzene rings is 2. The number of rotatable bonds is 5. The van der Waals surface area contributed by atoms with Crippen molar-refractivity contribution in [3.8, 4) is 0 Å². The summed E-state index contributed by atoms with van der Waals surface area (Å²) in [5.74, 6) is 4.05. The van der Waals surface area contributed by atoms with Gasteiger partial charge in [-0.3, -0.25) is 0 Å². The molecule has 8 atom stereocenters. The van der Waals surface area contributed by atoms with E-state index in [1.807, 2.05) is 0 Å². The van der Waals surface area contributed by atoms with Crippen LogP contribution in [-0.4, -0.2) is 11.2 Å². The summed E-state index contributed by atoms with van der Waals surface area (Å²) in [4.78, 5) is 0. The van der Waals surface area contributed by atoms with Gasteiger partial charge in [0.1, 0.15) is 0 Å². The lowest BCUT2D eigenvalue weighted by Crippen LogP contribution is -2.50. The van der Waals surface area contributed by atoms with E-state index in [-0.39, 0.29) is 6.10 Å². The molecule has 4 aliphatic carbocycles. The second-order valence-electron chi connectivity index (χ2n) is 13.4. The normalized spacial score (nSPS) is 37.5. The summed E-state index contributed by atoms with van der Waals surface area (Å²) in [6, 6.07) is 21.9. The molecule has 2 aromatic carbocycles. The summed E-state index contributed by atoms with van der Waals surface area (Å²) >= 11 is 0. The minimum atomic E-state index is -0.105. The van der Waals surface area contributed by atoms with E-state index >= 15 is 0 Å². The zero-order valence-corrected chi connectivity index (χ0v) is 23.2. The molecule has 4 aliphatic rings. The topological polar surface area (TPSA) is 20.2 Å². The van der Waals surface area contributed by atoms with Gasteiger partial charge in [-0.15, -0.1) is 0 Å². The fourth-order valence-electron chi connectivity index (χ4n) is 9.72. The Labute approximate surface area is 225 Å². The van der Waals surface area contributed by atoms with Gasteiger partial charge in [-0.2, -0.15) is 0 Å². The van der Waals surface area contributed by atoms with Crippen LogP contribution >= 0.6 is 0 Å². The molecule has 0 amide bonds. The first-order valence-electron chi connectivity index (χ1n) is 15.1. The third kappa shape index (κ3) is 4.36. The van der Waals surface area contributed by atoms with Gasteiger partial charge in [-0.05, 0) is 115 Å². The highest BCUT2D eigenvalue weighted by Crippen LogP contribution is 2.67. The van der Waals surface area contributed by atoms with E-state index in [0.717, 1.165) is 42.9 Å². The number of hydrogen-bond donors (Lipinski definition) is 1. The fourth-order valence-corrected chi connectivity index (χ4v) is 9.72. The zero-order valence-electron chi connectivity index (χ0n) is 23.2. The molecule has 0 spiro atoms. The van der Waals surface area contributed by atoms with Crippen molar-refractivity contribution in [2.45, 2.75) is 84.7 Å². The lowest BCUT2D eigenvalue weighted by molar-refractivity contribution is -0.0565. The van der Waals surface area contributed by atoms with Crippen molar-refractivity contribution in [2.75, 3.05) is 0 Å². The van der Waals surface area contributed by atoms with Crippen molar-refractivity contribution in [1.29, 1.82) is 0 Å². The molecule has 0 heterocycles. The summed E-state index contributed by atoms with van der Waals surface area (Å²) in [5.41, 5.74) is 6.45. The zero-order chi connectivity index (χ0) is 25.6. The van der Waals surface area contributed by atoms with Crippen LogP contribution in [0.25, 0.3) is 5.57 Å². The van der Waals surface area contributed by atoms with E-state index < -0.39 is 0 Å². The molecule has 0 radical (unpaired) electrons. The van der Waals surface area contributed by atoms with Crippen molar-refractivity contribution >= 4 is 5.57 Å². The molecule has 0 saturated heterocycles. The Morgan fingerprint density at radius 2 is 1.57 bits per heavy atom. The van der Waals surface area contributed by atoms with Gasteiger partial charge in [-0.25, -0.2) is 0 Å². The van der Waals surface area contributed by atoms with Crippen LogP contribution in [0, 0.1) is 40.4 Å². The summed E-state index contributed by atoms with van der Waals surface area (Å²) in [6.07, 6.45) is 16.2. The first-order chi connectivity index (χ1) is 17.9. The van der Waals surface area contributed by atoms with Gasteiger partial charge in [0.25, 0.3) is 0 Å². The van der Waals surface area contributed by atoms with Gasteiger partial charge in [0, 0.05) is 0 Å². The van der Waals surface area contributed by atoms with Crippen molar-refractivity contribution in [1.82, 2.24) is 0 Å². The fraction of sp³-hybridized carbons (Fsp3) is 0.556. The summed E-state index contributed by atoms with van der Waals surface area (Å²) in [5, 5.41) is 10.3. The predicted molar refractivity (Wildman–Crippen MR) is 155 cm³/mol. The maximum atomic E-state index is 10.3. The maximum absolute atomic E-state index is 10.3. The van der Waals surface area contributed by atoms with E-state index in [0.29, 0.717) is 16.7 Å². The Hall–Kier alpha value is -2.12. The standard InChI is InChI=1S/C36H46O/c1-25(14-16-30(26-10-6-4-7-11-26)27-12-8-5-9-13-27)32-18-19-33-31-17-15-28-24-29(37)20-22-35(28,2)34(31)21-23-36(32,33)3/h4-13,15-16,25,29,31-34,37H,14,17-24H2,1-3H3/t25-,29-,31-,32+,33-,34-,35-,36+/m0/s1. The molecule has 0 aliphatic heterocycles. The van der Waals surface area contributed by atoms with Crippen LogP contribution < -0.4 is 0 Å². The van der Waals surface area contributed by atoms with E-state index in [2.05, 4.69) is 93.6 Å². The molecule has 1 N–H and O–H groups in total. The molecule has 0 aromatic heterocycles. The Kier molecular flexibility index (Phi) is 6.72. The minimum absolute atomic E-state index is 0.105. The molecule has 6 rings (SSSR count). The van der Waals surface area contributed by atoms with Crippen LogP contribution in [0.2, 0.25) is 0 Å². The first-order valence-corrected chi connectivity index (χ1v) is 15.1. The molecule has 196 valence electrons. The van der Waals surface area contributed by atoms with Crippen LogP contribution in [0.5, 0.6) is 0 Å². The summed E-state index contributed by atoms with van der Waals surface area (Å²) in [7, 11) is 0. The Bertz CT molecular complexity index is 1100. The van der Waals surface area contributed by atoms with Crippen molar-refractivity contribution in [3.63, 3.8) is 0 Å². The lowest BCUT2D eigenvalue weighted by atomic mass is 9.47. The predicted octanol–water partition coefficient (Wildman–Crippen LogP) is 9.08. The number of aliphatic hydroxyl groups excluding tert-OH is 1. The molecule has 0 bridgehead atoms. The Morgan fingerprint density at radius 3 is 2.24 bits per heavy atom. The third-order valence-electron chi connectivity index (χ3n) is 11.7. The van der Waals surface area contributed by atoms with E-state index in [1.165, 1.54) is 55.2 Å². The molecule has 1 heteroatoms. The molecular formula is C36H46O. The van der Waals surface area contributed by atoms with E-state index in [4.69, 9.17) is 0 Å². The van der Waals surface area contributed by atoms with Gasteiger partial charge < -0.3 is 5.11 Å². The molecular weight excluding hydrogens is 448 g/mol. The highest BCUT2D eigenvalue weighted by molar-refractivity contribution is 5.79. The first kappa shape index (κ1) is 25.2. The Morgan fingerprint density at radius 1 is 0.892 bits per heavy atom. The second-order valence-corrected chi connectivity index (χ2v) is 13.4. The van der Waals surface area contributed by atoms with E-state index in [1.54, 1.807) is 5.57 Å². The lowest BCUT2D eigenvalue weighted by Gasteiger charge is -2.58.